The number of halogens is 3. The maximum Gasteiger partial charge on any atom is 0.389 e. The van der Waals surface area contributed by atoms with E-state index in [-0.39, 0.29) is 37.3 Å². The van der Waals surface area contributed by atoms with Crippen LogP contribution in [0.2, 0.25) is 0 Å². The van der Waals surface area contributed by atoms with Crippen molar-refractivity contribution < 1.29 is 46.9 Å². The molecule has 1 heterocycles. The molecule has 4 atom stereocenters. The fraction of sp³-hybridized carbons (Fsp3) is 0.559. The van der Waals surface area contributed by atoms with Crippen molar-refractivity contribution in [1.29, 1.82) is 0 Å². The third kappa shape index (κ3) is 11.9. The lowest BCUT2D eigenvalue weighted by molar-refractivity contribution is -0.149. The summed E-state index contributed by atoms with van der Waals surface area (Å²) in [7, 11) is 2.98. The zero-order valence-corrected chi connectivity index (χ0v) is 28.1. The molecule has 2 aromatic rings. The van der Waals surface area contributed by atoms with Crippen LogP contribution in [0.4, 0.5) is 29.3 Å². The second kappa shape index (κ2) is 17.9. The summed E-state index contributed by atoms with van der Waals surface area (Å²) in [6.07, 6.45) is -5.14. The molecule has 0 fully saturated rings. The number of hydrogen-bond donors (Lipinski definition) is 3. The first-order chi connectivity index (χ1) is 22.7. The monoisotopic (exact) mass is 680 g/mol. The zero-order valence-electron chi connectivity index (χ0n) is 28.1. The van der Waals surface area contributed by atoms with E-state index in [4.69, 9.17) is 14.2 Å². The summed E-state index contributed by atoms with van der Waals surface area (Å²) in [4.78, 5) is 42.3. The van der Waals surface area contributed by atoms with Gasteiger partial charge in [-0.25, -0.2) is 4.79 Å². The number of urea groups is 1. The highest BCUT2D eigenvalue weighted by Crippen LogP contribution is 2.29. The third-order valence-corrected chi connectivity index (χ3v) is 8.16. The van der Waals surface area contributed by atoms with E-state index >= 15 is 0 Å². The summed E-state index contributed by atoms with van der Waals surface area (Å²) in [6.45, 7) is 5.52. The Bertz CT molecular complexity index is 1360. The first-order valence-electron chi connectivity index (χ1n) is 16.1. The maximum atomic E-state index is 14.2. The highest BCUT2D eigenvalue weighted by molar-refractivity contribution is 6.02. The fourth-order valence-corrected chi connectivity index (χ4v) is 5.24. The number of amides is 4. The molecule has 0 aromatic heterocycles. The standard InChI is InChI=1S/C34H47F3N4O7/c1-22-19-41(23(2)21-42)32(44)28-18-26(39-33(45)38-25-9-12-27(46-5)13-10-25)11-14-29(28)48-24(3)8-6-7-17-47-30(22)20-40(4)31(43)15-16-34(35,36)37/h9-14,18,22-24,30,42H,6-8,15-17,19-21H2,1-5H3,(H2,38,39,45)/t22-,23-,24-,30+/m0/s1. The van der Waals surface area contributed by atoms with Gasteiger partial charge in [0.15, 0.2) is 0 Å². The van der Waals surface area contributed by atoms with Gasteiger partial charge in [-0.1, -0.05) is 6.92 Å². The molecule has 0 bridgehead atoms. The van der Waals surface area contributed by atoms with Crippen molar-refractivity contribution in [2.45, 2.75) is 77.3 Å². The summed E-state index contributed by atoms with van der Waals surface area (Å²) in [5.74, 6) is -0.555. The summed E-state index contributed by atoms with van der Waals surface area (Å²) in [5, 5.41) is 15.6. The molecule has 0 spiro atoms. The van der Waals surface area contributed by atoms with Crippen LogP contribution in [0.1, 0.15) is 63.2 Å². The Morgan fingerprint density at radius 1 is 1.10 bits per heavy atom. The number of nitrogens with one attached hydrogen (secondary N) is 2. The number of likely N-dealkylation sites (N-methyl/N-ethyl adjacent to an activating group) is 1. The van der Waals surface area contributed by atoms with Crippen LogP contribution < -0.4 is 20.1 Å². The number of fused-ring (bicyclic) bond motifs is 1. The van der Waals surface area contributed by atoms with Crippen molar-refractivity contribution in [1.82, 2.24) is 9.80 Å². The van der Waals surface area contributed by atoms with E-state index < -0.39 is 49.0 Å². The molecule has 1 aliphatic heterocycles. The first kappa shape index (κ1) is 38.4. The van der Waals surface area contributed by atoms with Gasteiger partial charge in [0.25, 0.3) is 5.91 Å². The molecule has 1 aliphatic rings. The number of alkyl halides is 3. The van der Waals surface area contributed by atoms with Crippen LogP contribution in [0, 0.1) is 5.92 Å². The second-order valence-corrected chi connectivity index (χ2v) is 12.2. The van der Waals surface area contributed by atoms with Gasteiger partial charge in [-0.15, -0.1) is 0 Å². The van der Waals surface area contributed by atoms with E-state index in [1.807, 2.05) is 13.8 Å². The van der Waals surface area contributed by atoms with Crippen molar-refractivity contribution >= 4 is 29.2 Å². The molecule has 3 rings (SSSR count). The largest absolute Gasteiger partial charge is 0.497 e. The molecule has 3 N–H and O–H groups in total. The number of anilines is 2. The lowest BCUT2D eigenvalue weighted by atomic mass is 10.0. The number of methoxy groups -OCH3 is 1. The SMILES string of the molecule is COc1ccc(NC(=O)Nc2ccc3c(c2)C(=O)N([C@@H](C)CO)C[C@H](C)[C@@H](CN(C)C(=O)CCC(F)(F)F)OCCCC[C@H](C)O3)cc1. The summed E-state index contributed by atoms with van der Waals surface area (Å²) >= 11 is 0. The Kier molecular flexibility index (Phi) is 14.3. The van der Waals surface area contributed by atoms with Gasteiger partial charge in [0, 0.05) is 50.5 Å². The Balaban J connectivity index is 1.88. The normalized spacial score (nSPS) is 20.1. The minimum atomic E-state index is -4.45. The number of nitrogens with zero attached hydrogens (tertiary/aromatic N) is 2. The first-order valence-corrected chi connectivity index (χ1v) is 16.1. The topological polar surface area (TPSA) is 130 Å². The predicted molar refractivity (Wildman–Crippen MR) is 175 cm³/mol. The van der Waals surface area contributed by atoms with Gasteiger partial charge in [0.05, 0.1) is 44.0 Å². The van der Waals surface area contributed by atoms with Crippen molar-refractivity contribution in [3.05, 3.63) is 48.0 Å². The molecule has 0 unspecified atom stereocenters. The Morgan fingerprint density at radius 2 is 1.77 bits per heavy atom. The zero-order chi connectivity index (χ0) is 35.4. The van der Waals surface area contributed by atoms with E-state index in [2.05, 4.69) is 10.6 Å². The number of carbonyl (C=O) groups excluding carboxylic acids is 3. The highest BCUT2D eigenvalue weighted by Gasteiger charge is 2.32. The van der Waals surface area contributed by atoms with Crippen LogP contribution in [0.25, 0.3) is 0 Å². The summed E-state index contributed by atoms with van der Waals surface area (Å²) in [6, 6.07) is 10.4. The van der Waals surface area contributed by atoms with Crippen LogP contribution >= 0.6 is 0 Å². The maximum absolute atomic E-state index is 14.2. The van der Waals surface area contributed by atoms with Gasteiger partial charge in [0.1, 0.15) is 11.5 Å². The molecule has 48 heavy (non-hydrogen) atoms. The van der Waals surface area contributed by atoms with Gasteiger partial charge in [-0.05, 0) is 75.6 Å². The average molecular weight is 681 g/mol. The van der Waals surface area contributed by atoms with Gasteiger partial charge < -0.3 is 39.8 Å². The highest BCUT2D eigenvalue weighted by atomic mass is 19.4. The van der Waals surface area contributed by atoms with Crippen molar-refractivity contribution in [2.24, 2.45) is 5.92 Å². The fourth-order valence-electron chi connectivity index (χ4n) is 5.24. The van der Waals surface area contributed by atoms with E-state index in [0.29, 0.717) is 42.3 Å². The Labute approximate surface area is 279 Å². The van der Waals surface area contributed by atoms with Gasteiger partial charge in [0.2, 0.25) is 5.91 Å². The van der Waals surface area contributed by atoms with Gasteiger partial charge in [-0.3, -0.25) is 9.59 Å². The predicted octanol–water partition coefficient (Wildman–Crippen LogP) is 5.94. The molecule has 0 radical (unpaired) electrons. The van der Waals surface area contributed by atoms with Gasteiger partial charge in [-0.2, -0.15) is 13.2 Å². The van der Waals surface area contributed by atoms with Crippen LogP contribution in [0.15, 0.2) is 42.5 Å². The second-order valence-electron chi connectivity index (χ2n) is 12.2. The Hall–Kier alpha value is -4.04. The van der Waals surface area contributed by atoms with Crippen LogP contribution in [0.3, 0.4) is 0 Å². The van der Waals surface area contributed by atoms with E-state index in [0.717, 1.165) is 6.42 Å². The van der Waals surface area contributed by atoms with Crippen molar-refractivity contribution in [3.8, 4) is 11.5 Å². The molecule has 266 valence electrons. The minimum absolute atomic E-state index is 0.0286. The van der Waals surface area contributed by atoms with Crippen LogP contribution in [-0.2, 0) is 9.53 Å². The van der Waals surface area contributed by atoms with Gasteiger partial charge >= 0.3 is 12.2 Å². The van der Waals surface area contributed by atoms with Crippen molar-refractivity contribution in [3.63, 3.8) is 0 Å². The lowest BCUT2D eigenvalue weighted by Crippen LogP contribution is -2.48. The van der Waals surface area contributed by atoms with E-state index in [9.17, 15) is 32.7 Å². The van der Waals surface area contributed by atoms with E-state index in [1.165, 1.54) is 22.9 Å². The number of aliphatic hydroxyl groups excluding tert-OH is 1. The third-order valence-electron chi connectivity index (χ3n) is 8.16. The van der Waals surface area contributed by atoms with Crippen molar-refractivity contribution in [2.75, 3.05) is 51.1 Å². The minimum Gasteiger partial charge on any atom is -0.497 e. The molecule has 0 saturated heterocycles. The van der Waals surface area contributed by atoms with E-state index in [1.54, 1.807) is 50.4 Å². The number of hydrogen-bond acceptors (Lipinski definition) is 7. The quantitative estimate of drug-likeness (QED) is 0.299. The number of benzene rings is 2. The average Bonchev–Trinajstić information content (AvgIpc) is 3.04. The molecular formula is C34H47F3N4O7. The molecule has 4 amide bonds. The number of rotatable bonds is 9. The molecule has 11 nitrogen and oxygen atoms in total. The molecular weight excluding hydrogens is 633 g/mol. The molecule has 0 saturated carbocycles. The summed E-state index contributed by atoms with van der Waals surface area (Å²) < 4.78 is 55.8. The molecule has 2 aromatic carbocycles. The van der Waals surface area contributed by atoms with Crippen LogP contribution in [-0.4, -0.2) is 97.6 Å². The van der Waals surface area contributed by atoms with Crippen LogP contribution in [0.5, 0.6) is 11.5 Å². The summed E-state index contributed by atoms with van der Waals surface area (Å²) in [5.41, 5.74) is 1.03. The smallest absolute Gasteiger partial charge is 0.389 e. The Morgan fingerprint density at radius 3 is 2.42 bits per heavy atom. The molecule has 14 heteroatoms. The number of carbonyl (C=O) groups is 3. The number of ether oxygens (including phenoxy) is 3. The lowest BCUT2D eigenvalue weighted by Gasteiger charge is -2.36. The molecule has 0 aliphatic carbocycles. The number of aliphatic hydroxyl groups is 1.